The van der Waals surface area contributed by atoms with Crippen molar-refractivity contribution < 1.29 is 23.9 Å². The number of aromatic nitrogens is 2. The minimum Gasteiger partial charge on any atom is -0.481 e. The first-order valence-electron chi connectivity index (χ1n) is 8.65. The van der Waals surface area contributed by atoms with Crippen molar-refractivity contribution >= 4 is 40.0 Å². The van der Waals surface area contributed by atoms with Gasteiger partial charge in [0.25, 0.3) is 5.56 Å². The summed E-state index contributed by atoms with van der Waals surface area (Å²) in [6.45, 7) is 2.06. The molecule has 2 rings (SSSR count). The van der Waals surface area contributed by atoms with E-state index >= 15 is 0 Å². The van der Waals surface area contributed by atoms with Gasteiger partial charge in [0.15, 0.2) is 11.6 Å². The Morgan fingerprint density at radius 2 is 1.89 bits per heavy atom. The molecule has 1 N–H and O–H groups in total. The third kappa shape index (κ3) is 4.81. The lowest BCUT2D eigenvalue weighted by Crippen LogP contribution is -2.35. The zero-order chi connectivity index (χ0) is 21.0. The maximum Gasteiger partial charge on any atom is 0.304 e. The normalized spacial score (nSPS) is 13.5. The highest BCUT2D eigenvalue weighted by Crippen LogP contribution is 2.24. The van der Waals surface area contributed by atoms with Gasteiger partial charge < -0.3 is 5.11 Å². The van der Waals surface area contributed by atoms with Crippen LogP contribution in [0.1, 0.15) is 32.7 Å². The summed E-state index contributed by atoms with van der Waals surface area (Å²) in [4.78, 5) is 52.6. The molecule has 0 bridgehead atoms. The van der Waals surface area contributed by atoms with Gasteiger partial charge in [0.1, 0.15) is 6.67 Å². The van der Waals surface area contributed by atoms with E-state index in [-0.39, 0.29) is 11.3 Å². The molecule has 0 aliphatic rings. The molecule has 7 nitrogen and oxygen atoms in total. The molecule has 0 aliphatic carbocycles. The summed E-state index contributed by atoms with van der Waals surface area (Å²) >= 11 is 5.94. The number of halogens is 2. The van der Waals surface area contributed by atoms with E-state index in [9.17, 15) is 23.6 Å². The van der Waals surface area contributed by atoms with E-state index in [1.807, 2.05) is 0 Å². The number of carboxylic acid groups (broad SMARTS) is 1. The largest absolute Gasteiger partial charge is 0.481 e. The molecule has 1 unspecified atom stereocenters. The van der Waals surface area contributed by atoms with E-state index in [2.05, 4.69) is 4.98 Å². The molecule has 9 heteroatoms. The zero-order valence-corrected chi connectivity index (χ0v) is 16.1. The summed E-state index contributed by atoms with van der Waals surface area (Å²) in [5, 5.41) is 9.50. The highest BCUT2D eigenvalue weighted by molar-refractivity contribution is 6.31. The van der Waals surface area contributed by atoms with Crippen LogP contribution in [0.4, 0.5) is 4.39 Å². The maximum absolute atomic E-state index is 12.9. The summed E-state index contributed by atoms with van der Waals surface area (Å²) < 4.78 is 13.9. The molecule has 2 atom stereocenters. The number of Topliss-reactive ketones (excluding diaryl/α,β-unsaturated/α-hetero) is 2. The second-order valence-electron chi connectivity index (χ2n) is 6.87. The van der Waals surface area contributed by atoms with Crippen LogP contribution in [0, 0.1) is 11.8 Å². The van der Waals surface area contributed by atoms with Gasteiger partial charge in [-0.3, -0.25) is 23.7 Å². The minimum atomic E-state index is -1.35. The highest BCUT2D eigenvalue weighted by Gasteiger charge is 2.31. The first kappa shape index (κ1) is 21.7. The smallest absolute Gasteiger partial charge is 0.304 e. The minimum absolute atomic E-state index is 0.232. The first-order chi connectivity index (χ1) is 13.1. The van der Waals surface area contributed by atoms with Gasteiger partial charge >= 0.3 is 5.97 Å². The number of hydrogen-bond donors (Lipinski definition) is 1. The van der Waals surface area contributed by atoms with E-state index in [0.717, 1.165) is 4.57 Å². The van der Waals surface area contributed by atoms with Crippen molar-refractivity contribution in [2.75, 3.05) is 6.67 Å². The van der Waals surface area contributed by atoms with Crippen LogP contribution in [-0.2, 0) is 14.4 Å². The van der Waals surface area contributed by atoms with E-state index in [1.165, 1.54) is 12.4 Å². The quantitative estimate of drug-likeness (QED) is 0.681. The van der Waals surface area contributed by atoms with Crippen molar-refractivity contribution in [2.45, 2.75) is 32.7 Å². The fourth-order valence-corrected chi connectivity index (χ4v) is 3.31. The summed E-state index contributed by atoms with van der Waals surface area (Å²) in [6.07, 6.45) is 0.113. The molecule has 28 heavy (non-hydrogen) atoms. The Bertz CT molecular complexity index is 972. The van der Waals surface area contributed by atoms with Crippen LogP contribution in [0.25, 0.3) is 10.9 Å². The van der Waals surface area contributed by atoms with Crippen LogP contribution in [0.2, 0.25) is 5.02 Å². The molecule has 0 amide bonds. The molecular weight excluding hydrogens is 391 g/mol. The van der Waals surface area contributed by atoms with Crippen molar-refractivity contribution in [3.63, 3.8) is 0 Å². The third-order valence-electron chi connectivity index (χ3n) is 4.46. The number of alkyl halides is 1. The van der Waals surface area contributed by atoms with Gasteiger partial charge in [-0.05, 0) is 24.1 Å². The third-order valence-corrected chi connectivity index (χ3v) is 4.70. The second kappa shape index (κ2) is 9.05. The lowest BCUT2D eigenvalue weighted by Gasteiger charge is -2.24. The summed E-state index contributed by atoms with van der Waals surface area (Å²) in [6, 6.07) is 3.64. The van der Waals surface area contributed by atoms with Crippen LogP contribution < -0.4 is 5.56 Å². The SMILES string of the molecule is CC(C)[C@@H](C(=O)CC(CC(=O)O)C(=O)CF)n1cnc2ccc(Cl)cc2c1=O. The Hall–Kier alpha value is -2.61. The zero-order valence-electron chi connectivity index (χ0n) is 15.4. The van der Waals surface area contributed by atoms with Gasteiger partial charge in [0, 0.05) is 17.4 Å². The fourth-order valence-electron chi connectivity index (χ4n) is 3.14. The van der Waals surface area contributed by atoms with Crippen molar-refractivity contribution in [3.05, 3.63) is 39.9 Å². The van der Waals surface area contributed by atoms with Crippen LogP contribution in [0.3, 0.4) is 0 Å². The average molecular weight is 411 g/mol. The lowest BCUT2D eigenvalue weighted by atomic mass is 9.88. The summed E-state index contributed by atoms with van der Waals surface area (Å²) in [5.74, 6) is -4.42. The van der Waals surface area contributed by atoms with Gasteiger partial charge in [0.2, 0.25) is 0 Å². The van der Waals surface area contributed by atoms with Crippen molar-refractivity contribution in [2.24, 2.45) is 11.8 Å². The molecule has 0 fully saturated rings. The standard InChI is InChI=1S/C19H20ClFN2O5/c1-10(2)18(15(24)5-11(6-17(26)27)16(25)8-21)23-9-22-14-4-3-12(20)7-13(14)19(23)28/h3-4,7,9-11,18H,5-6,8H2,1-2H3,(H,26,27)/t11?,18-/m0/s1. The Labute approximate surface area is 165 Å². The first-order valence-corrected chi connectivity index (χ1v) is 9.03. The molecule has 1 heterocycles. The highest BCUT2D eigenvalue weighted by atomic mass is 35.5. The Morgan fingerprint density at radius 3 is 2.46 bits per heavy atom. The van der Waals surface area contributed by atoms with Crippen LogP contribution in [0.15, 0.2) is 29.3 Å². The number of ketones is 2. The molecule has 0 radical (unpaired) electrons. The Balaban J connectivity index is 2.44. The number of aliphatic carboxylic acids is 1. The molecule has 0 spiro atoms. The number of hydrogen-bond acceptors (Lipinski definition) is 5. The summed E-state index contributed by atoms with van der Waals surface area (Å²) in [5.41, 5.74) is -0.0666. The van der Waals surface area contributed by atoms with Crippen LogP contribution in [-0.4, -0.2) is 38.9 Å². The van der Waals surface area contributed by atoms with Gasteiger partial charge in [-0.1, -0.05) is 25.4 Å². The topological polar surface area (TPSA) is 106 Å². The fraction of sp³-hybridized carbons (Fsp3) is 0.421. The lowest BCUT2D eigenvalue weighted by molar-refractivity contribution is -0.141. The number of fused-ring (bicyclic) bond motifs is 1. The number of carbonyl (C=O) groups is 3. The molecule has 150 valence electrons. The molecule has 2 aromatic rings. The van der Waals surface area contributed by atoms with Gasteiger partial charge in [-0.15, -0.1) is 0 Å². The molecule has 1 aromatic heterocycles. The van der Waals surface area contributed by atoms with Gasteiger partial charge in [0.05, 0.1) is 29.7 Å². The average Bonchev–Trinajstić information content (AvgIpc) is 2.62. The van der Waals surface area contributed by atoms with Crippen LogP contribution >= 0.6 is 11.6 Å². The van der Waals surface area contributed by atoms with Crippen LogP contribution in [0.5, 0.6) is 0 Å². The molecule has 0 saturated carbocycles. The predicted octanol–water partition coefficient (Wildman–Crippen LogP) is 2.84. The van der Waals surface area contributed by atoms with E-state index in [0.29, 0.717) is 10.5 Å². The van der Waals surface area contributed by atoms with E-state index < -0.39 is 54.6 Å². The van der Waals surface area contributed by atoms with E-state index in [1.54, 1.807) is 26.0 Å². The number of nitrogens with zero attached hydrogens (tertiary/aromatic N) is 2. The van der Waals surface area contributed by atoms with Crippen molar-refractivity contribution in [1.29, 1.82) is 0 Å². The van der Waals surface area contributed by atoms with Gasteiger partial charge in [-0.25, -0.2) is 9.37 Å². The van der Waals surface area contributed by atoms with E-state index in [4.69, 9.17) is 16.7 Å². The maximum atomic E-state index is 12.9. The monoisotopic (exact) mass is 410 g/mol. The number of rotatable bonds is 9. The van der Waals surface area contributed by atoms with Crippen molar-refractivity contribution in [1.82, 2.24) is 9.55 Å². The predicted molar refractivity (Wildman–Crippen MR) is 101 cm³/mol. The second-order valence-corrected chi connectivity index (χ2v) is 7.31. The van der Waals surface area contributed by atoms with Gasteiger partial charge in [-0.2, -0.15) is 0 Å². The Morgan fingerprint density at radius 1 is 1.21 bits per heavy atom. The molecule has 1 aromatic carbocycles. The van der Waals surface area contributed by atoms with Crippen molar-refractivity contribution in [3.8, 4) is 0 Å². The molecule has 0 aliphatic heterocycles. The number of benzene rings is 1. The molecular formula is C19H20ClFN2O5. The summed E-state index contributed by atoms with van der Waals surface area (Å²) in [7, 11) is 0. The molecule has 0 saturated heterocycles. The number of carboxylic acids is 1. The Kier molecular flexibility index (Phi) is 7.01. The number of carbonyl (C=O) groups excluding carboxylic acids is 2.